The first kappa shape index (κ1) is 23.6. The maximum absolute atomic E-state index is 12.9. The van der Waals surface area contributed by atoms with Gasteiger partial charge in [0.1, 0.15) is 0 Å². The van der Waals surface area contributed by atoms with Crippen LogP contribution in [0.3, 0.4) is 0 Å². The van der Waals surface area contributed by atoms with Gasteiger partial charge in [-0.1, -0.05) is 18.5 Å². The van der Waals surface area contributed by atoms with Crippen molar-refractivity contribution in [1.29, 1.82) is 5.26 Å². The lowest BCUT2D eigenvalue weighted by Crippen LogP contribution is -2.48. The van der Waals surface area contributed by atoms with Gasteiger partial charge in [-0.2, -0.15) is 5.26 Å². The molecule has 1 saturated heterocycles. The molecule has 29 heavy (non-hydrogen) atoms. The molecule has 7 nitrogen and oxygen atoms in total. The summed E-state index contributed by atoms with van der Waals surface area (Å²) in [5.74, 6) is 0.0621. The van der Waals surface area contributed by atoms with Crippen molar-refractivity contribution in [3.8, 4) is 6.07 Å². The molecule has 1 amide bonds. The van der Waals surface area contributed by atoms with Gasteiger partial charge in [0.25, 0.3) is 0 Å². The molecular weight excluding hydrogens is 412 g/mol. The van der Waals surface area contributed by atoms with Gasteiger partial charge >= 0.3 is 0 Å². The van der Waals surface area contributed by atoms with Gasteiger partial charge in [-0.05, 0) is 49.9 Å². The Morgan fingerprint density at radius 3 is 2.66 bits per heavy atom. The average molecular weight is 441 g/mol. The van der Waals surface area contributed by atoms with Crippen LogP contribution in [0.5, 0.6) is 0 Å². The molecule has 0 saturated carbocycles. The van der Waals surface area contributed by atoms with Gasteiger partial charge in [-0.15, -0.1) is 0 Å². The number of anilines is 1. The molecule has 0 spiro atoms. The smallest absolute Gasteiger partial charge is 0.241 e. The second kappa shape index (κ2) is 10.9. The van der Waals surface area contributed by atoms with Crippen LogP contribution in [0.1, 0.15) is 38.2 Å². The van der Waals surface area contributed by atoms with Crippen LogP contribution in [0.4, 0.5) is 5.69 Å². The molecule has 160 valence electrons. The predicted molar refractivity (Wildman–Crippen MR) is 115 cm³/mol. The highest BCUT2D eigenvalue weighted by molar-refractivity contribution is 7.89. The van der Waals surface area contributed by atoms with E-state index in [9.17, 15) is 13.2 Å². The van der Waals surface area contributed by atoms with Gasteiger partial charge in [0.2, 0.25) is 15.9 Å². The highest BCUT2D eigenvalue weighted by atomic mass is 35.5. The largest absolute Gasteiger partial charge is 0.310 e. The van der Waals surface area contributed by atoms with Crippen LogP contribution in [0, 0.1) is 18.3 Å². The fourth-order valence-electron chi connectivity index (χ4n) is 3.42. The third-order valence-corrected chi connectivity index (χ3v) is 7.03. The standard InChI is InChI=1S/C20H29ClN4O3S/c1-3-13-29(27,28)23-17-7-11-24(12-8-17)15-20(26)25(10-4-9-22)18-5-6-19(21)16(2)14-18/h5-6,14,17,23H,3-4,7-8,10-13,15H2,1-2H3. The molecule has 0 aromatic heterocycles. The maximum atomic E-state index is 12.9. The van der Waals surface area contributed by atoms with Crippen molar-refractivity contribution in [3.05, 3.63) is 28.8 Å². The number of aryl methyl sites for hydroxylation is 1. The molecule has 2 rings (SSSR count). The van der Waals surface area contributed by atoms with Crippen LogP contribution in [-0.2, 0) is 14.8 Å². The first-order chi connectivity index (χ1) is 13.8. The summed E-state index contributed by atoms with van der Waals surface area (Å²) < 4.78 is 26.6. The van der Waals surface area contributed by atoms with Gasteiger partial charge in [-0.3, -0.25) is 9.69 Å². The Morgan fingerprint density at radius 1 is 1.38 bits per heavy atom. The third kappa shape index (κ3) is 7.27. The molecule has 9 heteroatoms. The number of hydrogen-bond donors (Lipinski definition) is 1. The number of sulfonamides is 1. The Bertz CT molecular complexity index is 846. The van der Waals surface area contributed by atoms with Crippen molar-refractivity contribution in [2.75, 3.05) is 36.8 Å². The van der Waals surface area contributed by atoms with Crippen LogP contribution in [0.25, 0.3) is 0 Å². The van der Waals surface area contributed by atoms with Crippen LogP contribution >= 0.6 is 11.6 Å². The molecule has 1 fully saturated rings. The number of likely N-dealkylation sites (tertiary alicyclic amines) is 1. The van der Waals surface area contributed by atoms with E-state index in [1.165, 1.54) is 0 Å². The summed E-state index contributed by atoms with van der Waals surface area (Å²) in [5, 5.41) is 9.58. The van der Waals surface area contributed by atoms with E-state index in [0.29, 0.717) is 43.9 Å². The minimum Gasteiger partial charge on any atom is -0.310 e. The quantitative estimate of drug-likeness (QED) is 0.637. The van der Waals surface area contributed by atoms with Gasteiger partial charge < -0.3 is 4.90 Å². The third-order valence-electron chi connectivity index (χ3n) is 4.97. The lowest BCUT2D eigenvalue weighted by atomic mass is 10.1. The summed E-state index contributed by atoms with van der Waals surface area (Å²) in [7, 11) is -3.22. The van der Waals surface area contributed by atoms with Crippen molar-refractivity contribution in [3.63, 3.8) is 0 Å². The number of carbonyl (C=O) groups excluding carboxylic acids is 1. The average Bonchev–Trinajstić information content (AvgIpc) is 2.66. The summed E-state index contributed by atoms with van der Waals surface area (Å²) >= 11 is 6.09. The normalized spacial score (nSPS) is 15.8. The Kier molecular flexibility index (Phi) is 8.90. The van der Waals surface area contributed by atoms with Crippen molar-refractivity contribution in [1.82, 2.24) is 9.62 Å². The molecule has 0 unspecified atom stereocenters. The number of halogens is 1. The zero-order valence-electron chi connectivity index (χ0n) is 17.0. The lowest BCUT2D eigenvalue weighted by Gasteiger charge is -2.33. The number of nitrogens with one attached hydrogen (secondary N) is 1. The van der Waals surface area contributed by atoms with E-state index < -0.39 is 10.0 Å². The molecule has 1 aliphatic heterocycles. The Hall–Kier alpha value is -1.66. The number of hydrogen-bond acceptors (Lipinski definition) is 5. The molecule has 1 heterocycles. The number of nitrogens with zero attached hydrogens (tertiary/aromatic N) is 3. The molecule has 1 N–H and O–H groups in total. The minimum absolute atomic E-state index is 0.0769. The van der Waals surface area contributed by atoms with Gasteiger partial charge in [0.05, 0.1) is 24.8 Å². The number of benzene rings is 1. The van der Waals surface area contributed by atoms with Crippen LogP contribution in [0.15, 0.2) is 18.2 Å². The number of piperidine rings is 1. The van der Waals surface area contributed by atoms with Gasteiger partial charge in [0.15, 0.2) is 0 Å². The van der Waals surface area contributed by atoms with Crippen molar-refractivity contribution >= 4 is 33.2 Å². The maximum Gasteiger partial charge on any atom is 0.241 e. The second-order valence-corrected chi connectivity index (χ2v) is 9.65. The van der Waals surface area contributed by atoms with E-state index in [1.54, 1.807) is 17.0 Å². The Morgan fingerprint density at radius 2 is 2.07 bits per heavy atom. The SMILES string of the molecule is CCCS(=O)(=O)NC1CCN(CC(=O)N(CCC#N)c2ccc(Cl)c(C)c2)CC1. The fourth-order valence-corrected chi connectivity index (χ4v) is 4.94. The first-order valence-electron chi connectivity index (χ1n) is 9.91. The highest BCUT2D eigenvalue weighted by Gasteiger charge is 2.26. The summed E-state index contributed by atoms with van der Waals surface area (Å²) in [5.41, 5.74) is 1.61. The number of rotatable bonds is 9. The van der Waals surface area contributed by atoms with Gasteiger partial charge in [-0.25, -0.2) is 13.1 Å². The first-order valence-corrected chi connectivity index (χ1v) is 11.9. The Labute approximate surface area is 178 Å². The highest BCUT2D eigenvalue weighted by Crippen LogP contribution is 2.23. The van der Waals surface area contributed by atoms with E-state index in [2.05, 4.69) is 10.8 Å². The molecule has 0 bridgehead atoms. The fraction of sp³-hybridized carbons (Fsp3) is 0.600. The number of nitriles is 1. The molecule has 0 radical (unpaired) electrons. The molecule has 1 aromatic carbocycles. The monoisotopic (exact) mass is 440 g/mol. The predicted octanol–water partition coefficient (Wildman–Crippen LogP) is 2.69. The van der Waals surface area contributed by atoms with Crippen molar-refractivity contribution < 1.29 is 13.2 Å². The lowest BCUT2D eigenvalue weighted by molar-refractivity contribution is -0.120. The van der Waals surface area contributed by atoms with Gasteiger partial charge in [0, 0.05) is 36.4 Å². The minimum atomic E-state index is -3.22. The van der Waals surface area contributed by atoms with E-state index in [0.717, 1.165) is 11.3 Å². The van der Waals surface area contributed by atoms with E-state index in [-0.39, 0.29) is 30.7 Å². The summed E-state index contributed by atoms with van der Waals surface area (Å²) in [4.78, 5) is 16.6. The van der Waals surface area contributed by atoms with E-state index in [4.69, 9.17) is 16.9 Å². The molecule has 1 aromatic rings. The van der Waals surface area contributed by atoms with E-state index in [1.807, 2.05) is 24.8 Å². The van der Waals surface area contributed by atoms with Crippen LogP contribution in [0.2, 0.25) is 5.02 Å². The number of amides is 1. The summed E-state index contributed by atoms with van der Waals surface area (Å²) in [6.45, 7) is 5.58. The summed E-state index contributed by atoms with van der Waals surface area (Å²) in [6.07, 6.45) is 2.18. The van der Waals surface area contributed by atoms with E-state index >= 15 is 0 Å². The molecule has 0 aliphatic carbocycles. The van der Waals surface area contributed by atoms with Crippen LogP contribution < -0.4 is 9.62 Å². The molecular formula is C20H29ClN4O3S. The number of carbonyl (C=O) groups is 1. The Balaban J connectivity index is 1.96. The van der Waals surface area contributed by atoms with Crippen LogP contribution in [-0.4, -0.2) is 57.2 Å². The zero-order chi connectivity index (χ0) is 21.4. The molecule has 1 aliphatic rings. The summed E-state index contributed by atoms with van der Waals surface area (Å²) in [6, 6.07) is 7.42. The topological polar surface area (TPSA) is 93.5 Å². The second-order valence-electron chi connectivity index (χ2n) is 7.37. The zero-order valence-corrected chi connectivity index (χ0v) is 18.6. The van der Waals surface area contributed by atoms with Crippen molar-refractivity contribution in [2.45, 2.75) is 45.6 Å². The molecule has 0 atom stereocenters. The van der Waals surface area contributed by atoms with Crippen molar-refractivity contribution in [2.24, 2.45) is 0 Å².